The predicted molar refractivity (Wildman–Crippen MR) is 66.8 cm³/mol. The first kappa shape index (κ1) is 13.0. The highest BCUT2D eigenvalue weighted by Gasteiger charge is 2.24. The van der Waals surface area contributed by atoms with Crippen LogP contribution in [0.4, 0.5) is 0 Å². The third kappa shape index (κ3) is 6.16. The van der Waals surface area contributed by atoms with Gasteiger partial charge in [0.1, 0.15) is 0 Å². The van der Waals surface area contributed by atoms with Gasteiger partial charge in [0.25, 0.3) is 0 Å². The van der Waals surface area contributed by atoms with Gasteiger partial charge in [0.2, 0.25) is 0 Å². The highest BCUT2D eigenvalue weighted by molar-refractivity contribution is 4.78. The summed E-state index contributed by atoms with van der Waals surface area (Å²) in [5.74, 6) is 1.65. The van der Waals surface area contributed by atoms with Crippen LogP contribution in [-0.2, 0) is 0 Å². The second-order valence-corrected chi connectivity index (χ2v) is 6.53. The minimum Gasteiger partial charge on any atom is -0.330 e. The number of rotatable bonds is 6. The van der Waals surface area contributed by atoms with Crippen LogP contribution in [-0.4, -0.2) is 31.6 Å². The van der Waals surface area contributed by atoms with Gasteiger partial charge in [-0.1, -0.05) is 20.8 Å². The van der Waals surface area contributed by atoms with Gasteiger partial charge in [-0.05, 0) is 50.1 Å². The summed E-state index contributed by atoms with van der Waals surface area (Å²) in [7, 11) is 2.24. The zero-order valence-corrected chi connectivity index (χ0v) is 10.9. The van der Waals surface area contributed by atoms with E-state index in [9.17, 15) is 0 Å². The van der Waals surface area contributed by atoms with E-state index in [4.69, 9.17) is 5.73 Å². The average Bonchev–Trinajstić information content (AvgIpc) is 2.84. The van der Waals surface area contributed by atoms with E-state index in [0.717, 1.165) is 12.5 Å². The maximum Gasteiger partial charge on any atom is 0.00190 e. The Bertz CT molecular complexity index is 179. The molecule has 0 saturated heterocycles. The molecule has 1 aliphatic carbocycles. The van der Waals surface area contributed by atoms with Crippen molar-refractivity contribution < 1.29 is 0 Å². The van der Waals surface area contributed by atoms with E-state index in [2.05, 4.69) is 32.7 Å². The summed E-state index contributed by atoms with van der Waals surface area (Å²) in [6.45, 7) is 10.2. The molecule has 0 amide bonds. The number of nitrogens with zero attached hydrogens (tertiary/aromatic N) is 1. The summed E-state index contributed by atoms with van der Waals surface area (Å²) in [6.07, 6.45) is 4.12. The Hall–Kier alpha value is -0.0800. The van der Waals surface area contributed by atoms with Crippen LogP contribution in [0.25, 0.3) is 0 Å². The second-order valence-electron chi connectivity index (χ2n) is 6.53. The molecule has 15 heavy (non-hydrogen) atoms. The number of nitrogens with two attached hydrogens (primary N) is 1. The van der Waals surface area contributed by atoms with E-state index in [-0.39, 0.29) is 0 Å². The van der Waals surface area contributed by atoms with Gasteiger partial charge in [0.15, 0.2) is 0 Å². The molecule has 0 aromatic rings. The maximum atomic E-state index is 5.85. The van der Waals surface area contributed by atoms with Gasteiger partial charge in [-0.25, -0.2) is 0 Å². The molecule has 0 radical (unpaired) electrons. The SMILES string of the molecule is CN(CC1CC1)CC(CN)CC(C)(C)C. The van der Waals surface area contributed by atoms with Gasteiger partial charge >= 0.3 is 0 Å². The molecular formula is C13H28N2. The minimum absolute atomic E-state index is 0.407. The summed E-state index contributed by atoms with van der Waals surface area (Å²) in [6, 6.07) is 0. The quantitative estimate of drug-likeness (QED) is 0.732. The first-order valence-electron chi connectivity index (χ1n) is 6.29. The van der Waals surface area contributed by atoms with Crippen molar-refractivity contribution in [2.75, 3.05) is 26.7 Å². The third-order valence-corrected chi connectivity index (χ3v) is 3.07. The van der Waals surface area contributed by atoms with E-state index < -0.39 is 0 Å². The van der Waals surface area contributed by atoms with E-state index in [1.807, 2.05) is 0 Å². The molecule has 1 saturated carbocycles. The molecule has 2 N–H and O–H groups in total. The van der Waals surface area contributed by atoms with Gasteiger partial charge in [-0.15, -0.1) is 0 Å². The molecule has 1 aliphatic rings. The Morgan fingerprint density at radius 2 is 1.93 bits per heavy atom. The summed E-state index contributed by atoms with van der Waals surface area (Å²) in [5.41, 5.74) is 6.26. The highest BCUT2D eigenvalue weighted by Crippen LogP contribution is 2.30. The van der Waals surface area contributed by atoms with E-state index in [0.29, 0.717) is 11.3 Å². The van der Waals surface area contributed by atoms with Crippen molar-refractivity contribution in [3.63, 3.8) is 0 Å². The second kappa shape index (κ2) is 5.31. The van der Waals surface area contributed by atoms with Crippen molar-refractivity contribution in [2.45, 2.75) is 40.0 Å². The molecule has 1 atom stereocenters. The lowest BCUT2D eigenvalue weighted by atomic mass is 9.84. The Morgan fingerprint density at radius 3 is 2.33 bits per heavy atom. The van der Waals surface area contributed by atoms with Crippen molar-refractivity contribution in [3.05, 3.63) is 0 Å². The zero-order valence-electron chi connectivity index (χ0n) is 10.9. The molecule has 0 aromatic heterocycles. The van der Waals surface area contributed by atoms with E-state index in [1.165, 1.54) is 32.4 Å². The molecule has 90 valence electrons. The van der Waals surface area contributed by atoms with Crippen LogP contribution in [0.2, 0.25) is 0 Å². The number of hydrogen-bond acceptors (Lipinski definition) is 2. The molecule has 2 heteroatoms. The van der Waals surface area contributed by atoms with Crippen molar-refractivity contribution in [1.82, 2.24) is 4.90 Å². The first-order chi connectivity index (χ1) is 6.90. The molecule has 0 bridgehead atoms. The minimum atomic E-state index is 0.407. The monoisotopic (exact) mass is 212 g/mol. The summed E-state index contributed by atoms with van der Waals surface area (Å²) in [4.78, 5) is 2.47. The maximum absolute atomic E-state index is 5.85. The molecule has 0 aromatic carbocycles. The topological polar surface area (TPSA) is 29.3 Å². The van der Waals surface area contributed by atoms with Crippen LogP contribution >= 0.6 is 0 Å². The summed E-state index contributed by atoms with van der Waals surface area (Å²) in [5, 5.41) is 0. The smallest absolute Gasteiger partial charge is 0.00190 e. The molecule has 1 fully saturated rings. The van der Waals surface area contributed by atoms with Crippen LogP contribution in [0, 0.1) is 17.3 Å². The molecule has 0 spiro atoms. The van der Waals surface area contributed by atoms with Gasteiger partial charge in [-0.3, -0.25) is 0 Å². The first-order valence-corrected chi connectivity index (χ1v) is 6.29. The standard InChI is InChI=1S/C13H28N2/c1-13(2,3)7-12(8-14)10-15(4)9-11-5-6-11/h11-12H,5-10,14H2,1-4H3. The van der Waals surface area contributed by atoms with Gasteiger partial charge < -0.3 is 10.6 Å². The summed E-state index contributed by atoms with van der Waals surface area (Å²) >= 11 is 0. The Balaban J connectivity index is 2.24. The predicted octanol–water partition coefficient (Wildman–Crippen LogP) is 2.34. The van der Waals surface area contributed by atoms with Crippen LogP contribution in [0.5, 0.6) is 0 Å². The van der Waals surface area contributed by atoms with Crippen LogP contribution in [0.1, 0.15) is 40.0 Å². The normalized spacial score (nSPS) is 19.6. The number of hydrogen-bond donors (Lipinski definition) is 1. The largest absolute Gasteiger partial charge is 0.330 e. The van der Waals surface area contributed by atoms with Gasteiger partial charge in [-0.2, -0.15) is 0 Å². The Morgan fingerprint density at radius 1 is 1.33 bits per heavy atom. The highest BCUT2D eigenvalue weighted by atomic mass is 15.1. The molecule has 1 rings (SSSR count). The molecule has 1 unspecified atom stereocenters. The van der Waals surface area contributed by atoms with Crippen molar-refractivity contribution in [1.29, 1.82) is 0 Å². The van der Waals surface area contributed by atoms with Crippen LogP contribution < -0.4 is 5.73 Å². The van der Waals surface area contributed by atoms with Crippen LogP contribution in [0.15, 0.2) is 0 Å². The van der Waals surface area contributed by atoms with Crippen molar-refractivity contribution >= 4 is 0 Å². The van der Waals surface area contributed by atoms with Crippen molar-refractivity contribution in [2.24, 2.45) is 23.0 Å². The Kier molecular flexibility index (Phi) is 4.60. The summed E-state index contributed by atoms with van der Waals surface area (Å²) < 4.78 is 0. The fourth-order valence-corrected chi connectivity index (χ4v) is 2.34. The average molecular weight is 212 g/mol. The van der Waals surface area contributed by atoms with E-state index >= 15 is 0 Å². The fourth-order valence-electron chi connectivity index (χ4n) is 2.34. The van der Waals surface area contributed by atoms with Crippen molar-refractivity contribution in [3.8, 4) is 0 Å². The molecular weight excluding hydrogens is 184 g/mol. The molecule has 0 aliphatic heterocycles. The Labute approximate surface area is 95.2 Å². The van der Waals surface area contributed by atoms with Crippen LogP contribution in [0.3, 0.4) is 0 Å². The zero-order chi connectivity index (χ0) is 11.5. The lowest BCUT2D eigenvalue weighted by Gasteiger charge is -2.28. The molecule has 2 nitrogen and oxygen atoms in total. The third-order valence-electron chi connectivity index (χ3n) is 3.07. The van der Waals surface area contributed by atoms with Gasteiger partial charge in [0, 0.05) is 13.1 Å². The lowest BCUT2D eigenvalue weighted by molar-refractivity contribution is 0.216. The van der Waals surface area contributed by atoms with Gasteiger partial charge in [0.05, 0.1) is 0 Å². The fraction of sp³-hybridized carbons (Fsp3) is 1.00. The lowest BCUT2D eigenvalue weighted by Crippen LogP contribution is -2.33. The molecule has 0 heterocycles. The van der Waals surface area contributed by atoms with E-state index in [1.54, 1.807) is 0 Å².